The van der Waals surface area contributed by atoms with Gasteiger partial charge in [-0.2, -0.15) is 0 Å². The molecule has 0 aromatic heterocycles. The van der Waals surface area contributed by atoms with E-state index in [0.29, 0.717) is 5.56 Å². The lowest BCUT2D eigenvalue weighted by atomic mass is 9.85. The lowest BCUT2D eigenvalue weighted by Gasteiger charge is -2.30. The van der Waals surface area contributed by atoms with Crippen molar-refractivity contribution in [3.05, 3.63) is 35.4 Å². The molecule has 0 radical (unpaired) electrons. The molecular formula is C14H19NO2. The monoisotopic (exact) mass is 233 g/mol. The number of carbonyl (C=O) groups is 1. The first-order valence-electron chi connectivity index (χ1n) is 6.16. The van der Waals surface area contributed by atoms with Crippen LogP contribution >= 0.6 is 0 Å². The highest BCUT2D eigenvalue weighted by Gasteiger charge is 2.18. The van der Waals surface area contributed by atoms with Crippen LogP contribution in [0.25, 0.3) is 0 Å². The van der Waals surface area contributed by atoms with E-state index in [9.17, 15) is 4.79 Å². The molecule has 0 aliphatic heterocycles. The molecule has 1 saturated carbocycles. The number of carboxylic acids is 1. The van der Waals surface area contributed by atoms with Gasteiger partial charge in [0.25, 0.3) is 0 Å². The van der Waals surface area contributed by atoms with Gasteiger partial charge in [-0.15, -0.1) is 0 Å². The van der Waals surface area contributed by atoms with Gasteiger partial charge in [0.1, 0.15) is 0 Å². The summed E-state index contributed by atoms with van der Waals surface area (Å²) >= 11 is 0. The van der Waals surface area contributed by atoms with Gasteiger partial charge in [0, 0.05) is 13.1 Å². The van der Waals surface area contributed by atoms with Gasteiger partial charge in [0.15, 0.2) is 0 Å². The van der Waals surface area contributed by atoms with Gasteiger partial charge in [0.2, 0.25) is 0 Å². The van der Waals surface area contributed by atoms with Crippen LogP contribution in [0.1, 0.15) is 35.2 Å². The highest BCUT2D eigenvalue weighted by atomic mass is 16.4. The minimum atomic E-state index is -0.862. The number of hydrogen-bond donors (Lipinski definition) is 1. The molecular weight excluding hydrogens is 214 g/mol. The molecule has 2 rings (SSSR count). The van der Waals surface area contributed by atoms with Crippen molar-refractivity contribution in [3.63, 3.8) is 0 Å². The molecule has 17 heavy (non-hydrogen) atoms. The summed E-state index contributed by atoms with van der Waals surface area (Å²) in [4.78, 5) is 13.0. The second-order valence-electron chi connectivity index (χ2n) is 5.00. The maximum Gasteiger partial charge on any atom is 0.335 e. The zero-order valence-electron chi connectivity index (χ0n) is 10.2. The van der Waals surface area contributed by atoms with Crippen LogP contribution in [0.5, 0.6) is 0 Å². The van der Waals surface area contributed by atoms with Gasteiger partial charge in [-0.05, 0) is 43.5 Å². The molecule has 0 atom stereocenters. The zero-order valence-corrected chi connectivity index (χ0v) is 10.2. The van der Waals surface area contributed by atoms with Gasteiger partial charge >= 0.3 is 5.97 Å². The van der Waals surface area contributed by atoms with Crippen LogP contribution < -0.4 is 0 Å². The number of rotatable bonds is 5. The molecule has 1 fully saturated rings. The molecule has 1 aliphatic rings. The Bertz CT molecular complexity index is 382. The van der Waals surface area contributed by atoms with Gasteiger partial charge in [-0.3, -0.25) is 0 Å². The van der Waals surface area contributed by atoms with E-state index in [1.165, 1.54) is 24.8 Å². The first-order valence-corrected chi connectivity index (χ1v) is 6.16. The summed E-state index contributed by atoms with van der Waals surface area (Å²) in [6, 6.07) is 7.16. The van der Waals surface area contributed by atoms with E-state index >= 15 is 0 Å². The molecule has 92 valence electrons. The molecule has 0 saturated heterocycles. The second kappa shape index (κ2) is 5.32. The maximum absolute atomic E-state index is 10.7. The van der Waals surface area contributed by atoms with Crippen molar-refractivity contribution in [2.45, 2.75) is 25.8 Å². The quantitative estimate of drug-likeness (QED) is 0.850. The van der Waals surface area contributed by atoms with E-state index in [1.54, 1.807) is 12.1 Å². The van der Waals surface area contributed by atoms with Crippen LogP contribution in [0, 0.1) is 5.92 Å². The molecule has 3 heteroatoms. The molecule has 0 bridgehead atoms. The summed E-state index contributed by atoms with van der Waals surface area (Å²) < 4.78 is 0. The zero-order chi connectivity index (χ0) is 12.3. The van der Waals surface area contributed by atoms with Gasteiger partial charge < -0.3 is 10.0 Å². The standard InChI is InChI=1S/C14H19NO2/c1-15(9-11-3-2-4-11)10-12-5-7-13(8-6-12)14(16)17/h5-8,11H,2-4,9-10H2,1H3,(H,16,17). The highest BCUT2D eigenvalue weighted by molar-refractivity contribution is 5.87. The van der Waals surface area contributed by atoms with Crippen LogP contribution in [0.3, 0.4) is 0 Å². The average Bonchev–Trinajstić information content (AvgIpc) is 2.24. The smallest absolute Gasteiger partial charge is 0.335 e. The van der Waals surface area contributed by atoms with Crippen molar-refractivity contribution in [1.29, 1.82) is 0 Å². The van der Waals surface area contributed by atoms with Crippen molar-refractivity contribution in [2.75, 3.05) is 13.6 Å². The number of nitrogens with zero attached hydrogens (tertiary/aromatic N) is 1. The van der Waals surface area contributed by atoms with Crippen LogP contribution in [0.4, 0.5) is 0 Å². The highest BCUT2D eigenvalue weighted by Crippen LogP contribution is 2.27. The summed E-state index contributed by atoms with van der Waals surface area (Å²) in [5.41, 5.74) is 1.53. The topological polar surface area (TPSA) is 40.5 Å². The fraction of sp³-hybridized carbons (Fsp3) is 0.500. The first kappa shape index (κ1) is 12.1. The Morgan fingerprint density at radius 2 is 2.00 bits per heavy atom. The Balaban J connectivity index is 1.86. The normalized spacial score (nSPS) is 15.9. The number of hydrogen-bond acceptors (Lipinski definition) is 2. The molecule has 1 aliphatic carbocycles. The van der Waals surface area contributed by atoms with Crippen molar-refractivity contribution >= 4 is 5.97 Å². The maximum atomic E-state index is 10.7. The Labute approximate surface area is 102 Å². The summed E-state index contributed by atoms with van der Waals surface area (Å²) in [7, 11) is 2.13. The predicted molar refractivity (Wildman–Crippen MR) is 67.1 cm³/mol. The van der Waals surface area contributed by atoms with Crippen LogP contribution in [0.15, 0.2) is 24.3 Å². The largest absolute Gasteiger partial charge is 0.478 e. The van der Waals surface area contributed by atoms with Crippen LogP contribution in [-0.4, -0.2) is 29.6 Å². The SMILES string of the molecule is CN(Cc1ccc(C(=O)O)cc1)CC1CCC1. The van der Waals surface area contributed by atoms with E-state index in [2.05, 4.69) is 11.9 Å². The van der Waals surface area contributed by atoms with Crippen LogP contribution in [-0.2, 0) is 6.54 Å². The molecule has 1 aromatic rings. The second-order valence-corrected chi connectivity index (χ2v) is 5.00. The third-order valence-electron chi connectivity index (χ3n) is 3.45. The van der Waals surface area contributed by atoms with Gasteiger partial charge in [-0.25, -0.2) is 4.79 Å². The van der Waals surface area contributed by atoms with E-state index in [0.717, 1.165) is 19.0 Å². The summed E-state index contributed by atoms with van der Waals surface area (Å²) in [5.74, 6) is 0.0117. The summed E-state index contributed by atoms with van der Waals surface area (Å²) in [6.45, 7) is 2.05. The van der Waals surface area contributed by atoms with E-state index < -0.39 is 5.97 Å². The fourth-order valence-electron chi connectivity index (χ4n) is 2.25. The average molecular weight is 233 g/mol. The van der Waals surface area contributed by atoms with Gasteiger partial charge in [0.05, 0.1) is 5.56 Å². The Hall–Kier alpha value is -1.35. The van der Waals surface area contributed by atoms with Crippen molar-refractivity contribution in [2.24, 2.45) is 5.92 Å². The molecule has 1 aromatic carbocycles. The third-order valence-corrected chi connectivity index (χ3v) is 3.45. The summed E-state index contributed by atoms with van der Waals surface area (Å²) in [5, 5.41) is 8.81. The van der Waals surface area contributed by atoms with Crippen molar-refractivity contribution in [3.8, 4) is 0 Å². The third kappa shape index (κ3) is 3.30. The molecule has 0 heterocycles. The molecule has 0 amide bonds. The lowest BCUT2D eigenvalue weighted by Crippen LogP contribution is -2.29. The number of carboxylic acid groups (broad SMARTS) is 1. The fourth-order valence-corrected chi connectivity index (χ4v) is 2.25. The minimum Gasteiger partial charge on any atom is -0.478 e. The first-order chi connectivity index (χ1) is 8.15. The molecule has 1 N–H and O–H groups in total. The number of aromatic carboxylic acids is 1. The van der Waals surface area contributed by atoms with Crippen LogP contribution in [0.2, 0.25) is 0 Å². The molecule has 3 nitrogen and oxygen atoms in total. The molecule has 0 spiro atoms. The van der Waals surface area contributed by atoms with Crippen molar-refractivity contribution < 1.29 is 9.90 Å². The van der Waals surface area contributed by atoms with Gasteiger partial charge in [-0.1, -0.05) is 18.6 Å². The van der Waals surface area contributed by atoms with E-state index in [-0.39, 0.29) is 0 Å². The van der Waals surface area contributed by atoms with E-state index in [1.807, 2.05) is 12.1 Å². The van der Waals surface area contributed by atoms with E-state index in [4.69, 9.17) is 5.11 Å². The van der Waals surface area contributed by atoms with Crippen molar-refractivity contribution in [1.82, 2.24) is 4.90 Å². The minimum absolute atomic E-state index is 0.357. The summed E-state index contributed by atoms with van der Waals surface area (Å²) in [6.07, 6.45) is 4.11. The Morgan fingerprint density at radius 1 is 1.35 bits per heavy atom. The molecule has 0 unspecified atom stereocenters. The lowest BCUT2D eigenvalue weighted by molar-refractivity contribution is 0.0697. The predicted octanol–water partition coefficient (Wildman–Crippen LogP) is 2.62. The Kier molecular flexibility index (Phi) is 3.79. The Morgan fingerprint density at radius 3 is 2.47 bits per heavy atom. The number of benzene rings is 1.